The molecule has 1 N–H and O–H groups in total. The first-order valence-electron chi connectivity index (χ1n) is 8.23. The van der Waals surface area contributed by atoms with Crippen molar-refractivity contribution in [3.63, 3.8) is 0 Å². The number of aromatic nitrogens is 2. The first-order chi connectivity index (χ1) is 13.5. The fourth-order valence-electron chi connectivity index (χ4n) is 2.23. The Hall–Kier alpha value is -3.04. The van der Waals surface area contributed by atoms with E-state index in [2.05, 4.69) is 28.3 Å². The lowest BCUT2D eigenvalue weighted by atomic mass is 10.2. The van der Waals surface area contributed by atoms with E-state index >= 15 is 0 Å². The Balaban J connectivity index is 1.55. The van der Waals surface area contributed by atoms with Crippen LogP contribution in [0.1, 0.15) is 16.1 Å². The molecule has 142 valence electrons. The number of nitro benzene ring substituents is 1. The predicted octanol–water partition coefficient (Wildman–Crippen LogP) is 4.66. The monoisotopic (exact) mass is 412 g/mol. The summed E-state index contributed by atoms with van der Waals surface area (Å²) in [7, 11) is 0. The lowest BCUT2D eigenvalue weighted by Gasteiger charge is -2.04. The molecule has 7 nitrogen and oxygen atoms in total. The minimum atomic E-state index is -0.486. The molecule has 1 amide bonds. The quantitative estimate of drug-likeness (QED) is 0.262. The molecule has 0 atom stereocenters. The third-order valence-electron chi connectivity index (χ3n) is 3.66. The van der Waals surface area contributed by atoms with Crippen LogP contribution in [0.15, 0.2) is 53.1 Å². The third kappa shape index (κ3) is 5.48. The van der Waals surface area contributed by atoms with E-state index in [1.165, 1.54) is 46.5 Å². The number of anilines is 1. The molecule has 0 saturated heterocycles. The molecule has 1 aromatic carbocycles. The number of hydrogen-bond donors (Lipinski definition) is 1. The van der Waals surface area contributed by atoms with Crippen LogP contribution < -0.4 is 5.32 Å². The Morgan fingerprint density at radius 1 is 1.25 bits per heavy atom. The van der Waals surface area contributed by atoms with Crippen LogP contribution in [0.5, 0.6) is 0 Å². The minimum Gasteiger partial charge on any atom is -0.325 e. The second-order valence-electron chi connectivity index (χ2n) is 5.71. The molecule has 0 aliphatic rings. The summed E-state index contributed by atoms with van der Waals surface area (Å²) in [5.74, 6) is -0.105. The zero-order valence-electron chi connectivity index (χ0n) is 14.9. The molecule has 2 aromatic heterocycles. The number of hydrogen-bond acceptors (Lipinski definition) is 7. The number of amides is 1. The van der Waals surface area contributed by atoms with Crippen molar-refractivity contribution >= 4 is 52.5 Å². The summed E-state index contributed by atoms with van der Waals surface area (Å²) in [5, 5.41) is 15.9. The topological polar surface area (TPSA) is 98.0 Å². The number of aryl methyl sites for hydroxylation is 1. The Kier molecular flexibility index (Phi) is 6.51. The van der Waals surface area contributed by atoms with Gasteiger partial charge in [-0.05, 0) is 54.3 Å². The molecule has 0 fully saturated rings. The molecular weight excluding hydrogens is 396 g/mol. The zero-order chi connectivity index (χ0) is 19.9. The van der Waals surface area contributed by atoms with Gasteiger partial charge in [-0.2, -0.15) is 0 Å². The van der Waals surface area contributed by atoms with Crippen molar-refractivity contribution in [1.82, 2.24) is 9.97 Å². The van der Waals surface area contributed by atoms with Crippen LogP contribution in [0.25, 0.3) is 12.2 Å². The second kappa shape index (κ2) is 9.25. The van der Waals surface area contributed by atoms with Gasteiger partial charge >= 0.3 is 0 Å². The van der Waals surface area contributed by atoms with Crippen LogP contribution in [0.4, 0.5) is 11.4 Å². The molecule has 9 heteroatoms. The summed E-state index contributed by atoms with van der Waals surface area (Å²) >= 11 is 2.89. The summed E-state index contributed by atoms with van der Waals surface area (Å²) in [6.45, 7) is 2.06. The van der Waals surface area contributed by atoms with Gasteiger partial charge in [0.1, 0.15) is 0 Å². The van der Waals surface area contributed by atoms with E-state index in [9.17, 15) is 14.9 Å². The van der Waals surface area contributed by atoms with Gasteiger partial charge in [0.25, 0.3) is 5.69 Å². The Labute approximate surface area is 169 Å². The predicted molar refractivity (Wildman–Crippen MR) is 112 cm³/mol. The normalized spacial score (nSPS) is 10.9. The molecule has 3 rings (SSSR count). The molecule has 0 radical (unpaired) electrons. The average molecular weight is 412 g/mol. The summed E-state index contributed by atoms with van der Waals surface area (Å²) in [5.41, 5.74) is 2.46. The molecule has 0 aliphatic carbocycles. The van der Waals surface area contributed by atoms with E-state index in [0.717, 1.165) is 5.69 Å². The van der Waals surface area contributed by atoms with Crippen molar-refractivity contribution in [3.8, 4) is 0 Å². The molecule has 0 bridgehead atoms. The van der Waals surface area contributed by atoms with Gasteiger partial charge in [-0.15, -0.1) is 11.3 Å². The highest BCUT2D eigenvalue weighted by molar-refractivity contribution is 7.99. The maximum absolute atomic E-state index is 12.1. The molecule has 0 saturated carbocycles. The number of nitrogens with one attached hydrogen (secondary N) is 1. The lowest BCUT2D eigenvalue weighted by molar-refractivity contribution is -0.384. The molecule has 2 heterocycles. The number of thiophene rings is 1. The fraction of sp³-hybridized carbons (Fsp3) is 0.105. The summed E-state index contributed by atoms with van der Waals surface area (Å²) < 4.78 is 0. The number of non-ortho nitro benzene ring substituents is 1. The van der Waals surface area contributed by atoms with Crippen molar-refractivity contribution in [2.45, 2.75) is 12.1 Å². The van der Waals surface area contributed by atoms with Crippen LogP contribution in [0.2, 0.25) is 0 Å². The average Bonchev–Trinajstić information content (AvgIpc) is 3.10. The van der Waals surface area contributed by atoms with Gasteiger partial charge < -0.3 is 5.32 Å². The fourth-order valence-corrected chi connectivity index (χ4v) is 3.68. The molecular formula is C19H16N4O3S2. The van der Waals surface area contributed by atoms with Gasteiger partial charge in [0, 0.05) is 28.9 Å². The van der Waals surface area contributed by atoms with Gasteiger partial charge in [-0.25, -0.2) is 9.97 Å². The lowest BCUT2D eigenvalue weighted by Crippen LogP contribution is -2.14. The van der Waals surface area contributed by atoms with Crippen molar-refractivity contribution < 1.29 is 9.72 Å². The maximum atomic E-state index is 12.1. The van der Waals surface area contributed by atoms with Gasteiger partial charge in [0.2, 0.25) is 5.91 Å². The molecule has 0 spiro atoms. The Bertz CT molecular complexity index is 1020. The number of nitro groups is 1. The number of carbonyl (C=O) groups excluding carboxylic acids is 1. The van der Waals surface area contributed by atoms with E-state index < -0.39 is 4.92 Å². The Morgan fingerprint density at radius 3 is 2.71 bits per heavy atom. The van der Waals surface area contributed by atoms with Crippen LogP contribution in [-0.4, -0.2) is 26.6 Å². The highest BCUT2D eigenvalue weighted by Gasteiger charge is 2.08. The number of rotatable bonds is 7. The molecule has 28 heavy (non-hydrogen) atoms. The van der Waals surface area contributed by atoms with Gasteiger partial charge in [0.15, 0.2) is 5.16 Å². The Morgan fingerprint density at radius 2 is 2.04 bits per heavy atom. The van der Waals surface area contributed by atoms with Crippen molar-refractivity contribution in [2.75, 3.05) is 11.1 Å². The van der Waals surface area contributed by atoms with E-state index in [0.29, 0.717) is 10.8 Å². The van der Waals surface area contributed by atoms with Crippen LogP contribution >= 0.6 is 23.1 Å². The van der Waals surface area contributed by atoms with Crippen LogP contribution in [0.3, 0.4) is 0 Å². The maximum Gasteiger partial charge on any atom is 0.269 e. The largest absolute Gasteiger partial charge is 0.325 e. The number of benzene rings is 1. The second-order valence-corrected chi connectivity index (χ2v) is 7.60. The smallest absolute Gasteiger partial charge is 0.269 e. The standard InChI is InChI=1S/C19H16N4O3S2/c1-13-9-11-27-17(13)7-4-15-8-10-20-19(22-15)28-12-18(24)21-14-2-5-16(6-3-14)23(25)26/h2-11H,12H2,1H3,(H,21,24). The van der Waals surface area contributed by atoms with E-state index in [1.807, 2.05) is 17.5 Å². The van der Waals surface area contributed by atoms with Crippen molar-refractivity contribution in [2.24, 2.45) is 0 Å². The zero-order valence-corrected chi connectivity index (χ0v) is 16.5. The molecule has 3 aromatic rings. The number of nitrogens with zero attached hydrogens (tertiary/aromatic N) is 3. The molecule has 0 aliphatic heterocycles. The molecule has 0 unspecified atom stereocenters. The SMILES string of the molecule is Cc1ccsc1C=Cc1ccnc(SCC(=O)Nc2ccc([N+](=O)[O-])cc2)n1. The van der Waals surface area contributed by atoms with Crippen molar-refractivity contribution in [3.05, 3.63) is 74.2 Å². The third-order valence-corrected chi connectivity index (χ3v) is 5.50. The summed E-state index contributed by atoms with van der Waals surface area (Å²) in [6.07, 6.45) is 5.59. The van der Waals surface area contributed by atoms with Crippen LogP contribution in [0, 0.1) is 17.0 Å². The van der Waals surface area contributed by atoms with Gasteiger partial charge in [0.05, 0.1) is 16.4 Å². The van der Waals surface area contributed by atoms with Gasteiger partial charge in [-0.1, -0.05) is 11.8 Å². The van der Waals surface area contributed by atoms with E-state index in [-0.39, 0.29) is 17.3 Å². The highest BCUT2D eigenvalue weighted by Crippen LogP contribution is 2.20. The highest BCUT2D eigenvalue weighted by atomic mass is 32.2. The first kappa shape index (κ1) is 19.7. The summed E-state index contributed by atoms with van der Waals surface area (Å²) in [6, 6.07) is 9.55. The first-order valence-corrected chi connectivity index (χ1v) is 10.1. The minimum absolute atomic E-state index is 0.0246. The van der Waals surface area contributed by atoms with E-state index in [1.54, 1.807) is 23.6 Å². The number of thioether (sulfide) groups is 1. The van der Waals surface area contributed by atoms with Crippen LogP contribution in [-0.2, 0) is 4.79 Å². The van der Waals surface area contributed by atoms with E-state index in [4.69, 9.17) is 0 Å². The van der Waals surface area contributed by atoms with Crippen molar-refractivity contribution in [1.29, 1.82) is 0 Å². The van der Waals surface area contributed by atoms with Gasteiger partial charge in [-0.3, -0.25) is 14.9 Å². The summed E-state index contributed by atoms with van der Waals surface area (Å²) in [4.78, 5) is 32.0. The number of carbonyl (C=O) groups is 1.